The molecule has 0 unspecified atom stereocenters. The second-order valence-electron chi connectivity index (χ2n) is 6.65. The van der Waals surface area contributed by atoms with E-state index in [1.54, 1.807) is 0 Å². The fourth-order valence-electron chi connectivity index (χ4n) is 3.55. The Hall–Kier alpha value is -3.17. The predicted molar refractivity (Wildman–Crippen MR) is 94.3 cm³/mol. The van der Waals surface area contributed by atoms with Crippen LogP contribution < -0.4 is 15.4 Å². The summed E-state index contributed by atoms with van der Waals surface area (Å²) in [5.41, 5.74) is -1.03. The van der Waals surface area contributed by atoms with Gasteiger partial charge < -0.3 is 15.4 Å². The first-order chi connectivity index (χ1) is 12.9. The zero-order valence-corrected chi connectivity index (χ0v) is 14.8. The lowest BCUT2D eigenvalue weighted by Gasteiger charge is -2.30. The van der Waals surface area contributed by atoms with Gasteiger partial charge in [0.1, 0.15) is 17.8 Å². The third-order valence-corrected chi connectivity index (χ3v) is 4.92. The minimum absolute atomic E-state index is 0.0936. The molecule has 1 spiro atoms. The van der Waals surface area contributed by atoms with E-state index in [-0.39, 0.29) is 17.1 Å². The summed E-state index contributed by atoms with van der Waals surface area (Å²) < 4.78 is 5.09. The molecular formula is C17H20N4O6. The van der Waals surface area contributed by atoms with Crippen LogP contribution in [0, 0.1) is 10.1 Å². The van der Waals surface area contributed by atoms with E-state index in [1.165, 1.54) is 19.2 Å². The third-order valence-electron chi connectivity index (χ3n) is 4.92. The number of carbonyl (C=O) groups excluding carboxylic acids is 3. The standard InChI is InChI=1S/C17H20N4O6/c1-27-13-6-5-11(21(25)26)9-12(13)18-14(22)10-20-15(23)17(19-16(20)24)7-3-2-4-8-17/h5-6,9H,2-4,7-8,10H2,1H3,(H,18,22)(H,19,24). The monoisotopic (exact) mass is 376 g/mol. The van der Waals surface area contributed by atoms with Gasteiger partial charge in [-0.15, -0.1) is 0 Å². The number of nitro groups is 1. The molecule has 1 saturated heterocycles. The number of rotatable bonds is 5. The number of imide groups is 1. The van der Waals surface area contributed by atoms with Gasteiger partial charge in [0.2, 0.25) is 5.91 Å². The topological polar surface area (TPSA) is 131 Å². The number of urea groups is 1. The zero-order chi connectivity index (χ0) is 19.6. The molecule has 3 rings (SSSR count). The number of methoxy groups -OCH3 is 1. The van der Waals surface area contributed by atoms with Crippen LogP contribution in [0.1, 0.15) is 32.1 Å². The Bertz CT molecular complexity index is 803. The molecule has 27 heavy (non-hydrogen) atoms. The molecule has 4 amide bonds. The van der Waals surface area contributed by atoms with Crippen molar-refractivity contribution in [3.8, 4) is 5.75 Å². The van der Waals surface area contributed by atoms with Crippen LogP contribution in [0.4, 0.5) is 16.2 Å². The van der Waals surface area contributed by atoms with Gasteiger partial charge in [-0.1, -0.05) is 19.3 Å². The highest BCUT2D eigenvalue weighted by atomic mass is 16.6. The molecule has 0 aromatic heterocycles. The molecular weight excluding hydrogens is 356 g/mol. The van der Waals surface area contributed by atoms with Crippen LogP contribution >= 0.6 is 0 Å². The average Bonchev–Trinajstić information content (AvgIpc) is 2.86. The first-order valence-electron chi connectivity index (χ1n) is 8.63. The number of hydrogen-bond donors (Lipinski definition) is 2. The summed E-state index contributed by atoms with van der Waals surface area (Å²) in [6.07, 6.45) is 3.83. The highest BCUT2D eigenvalue weighted by Gasteiger charge is 2.51. The highest BCUT2D eigenvalue weighted by molar-refractivity contribution is 6.10. The van der Waals surface area contributed by atoms with Crippen molar-refractivity contribution in [2.24, 2.45) is 0 Å². The van der Waals surface area contributed by atoms with E-state index in [0.29, 0.717) is 12.8 Å². The van der Waals surface area contributed by atoms with E-state index in [0.717, 1.165) is 30.2 Å². The van der Waals surface area contributed by atoms with Gasteiger partial charge in [0.25, 0.3) is 11.6 Å². The predicted octanol–water partition coefficient (Wildman–Crippen LogP) is 1.80. The Morgan fingerprint density at radius 1 is 1.33 bits per heavy atom. The summed E-state index contributed by atoms with van der Waals surface area (Å²) >= 11 is 0. The van der Waals surface area contributed by atoms with Gasteiger partial charge in [-0.25, -0.2) is 4.79 Å². The Morgan fingerprint density at radius 2 is 2.04 bits per heavy atom. The molecule has 1 aliphatic heterocycles. The molecule has 2 N–H and O–H groups in total. The normalized spacial score (nSPS) is 18.3. The second kappa shape index (κ2) is 7.22. The maximum Gasteiger partial charge on any atom is 0.325 e. The number of amides is 4. The van der Waals surface area contributed by atoms with Gasteiger partial charge in [0.05, 0.1) is 17.7 Å². The Kier molecular flexibility index (Phi) is 4.98. The quantitative estimate of drug-likeness (QED) is 0.458. The van der Waals surface area contributed by atoms with Gasteiger partial charge in [-0.2, -0.15) is 0 Å². The lowest BCUT2D eigenvalue weighted by atomic mass is 9.82. The fourth-order valence-corrected chi connectivity index (χ4v) is 3.55. The Labute approximate surface area is 155 Å². The zero-order valence-electron chi connectivity index (χ0n) is 14.8. The number of nitrogens with one attached hydrogen (secondary N) is 2. The molecule has 0 atom stereocenters. The molecule has 1 aromatic carbocycles. The van der Waals surface area contributed by atoms with E-state index >= 15 is 0 Å². The van der Waals surface area contributed by atoms with E-state index < -0.39 is 34.9 Å². The lowest BCUT2D eigenvalue weighted by molar-refractivity contribution is -0.384. The van der Waals surface area contributed by atoms with E-state index in [9.17, 15) is 24.5 Å². The minimum Gasteiger partial charge on any atom is -0.495 e. The van der Waals surface area contributed by atoms with Crippen molar-refractivity contribution < 1.29 is 24.0 Å². The van der Waals surface area contributed by atoms with Crippen molar-refractivity contribution in [1.82, 2.24) is 10.2 Å². The van der Waals surface area contributed by atoms with Gasteiger partial charge in [-0.3, -0.25) is 24.6 Å². The van der Waals surface area contributed by atoms with Crippen molar-refractivity contribution >= 4 is 29.2 Å². The van der Waals surface area contributed by atoms with E-state index in [2.05, 4.69) is 10.6 Å². The minimum atomic E-state index is -0.904. The summed E-state index contributed by atoms with van der Waals surface area (Å²) in [6, 6.07) is 3.17. The molecule has 1 saturated carbocycles. The van der Waals surface area contributed by atoms with E-state index in [1.807, 2.05) is 0 Å². The highest BCUT2D eigenvalue weighted by Crippen LogP contribution is 2.34. The summed E-state index contributed by atoms with van der Waals surface area (Å²) in [5.74, 6) is -0.812. The molecule has 0 bridgehead atoms. The first-order valence-corrected chi connectivity index (χ1v) is 8.63. The second-order valence-corrected chi connectivity index (χ2v) is 6.65. The molecule has 2 fully saturated rings. The average molecular weight is 376 g/mol. The van der Waals surface area contributed by atoms with Crippen LogP contribution in [-0.4, -0.2) is 46.9 Å². The molecule has 144 valence electrons. The van der Waals surface area contributed by atoms with Crippen molar-refractivity contribution in [3.63, 3.8) is 0 Å². The number of carbonyl (C=O) groups is 3. The number of nitrogens with zero attached hydrogens (tertiary/aromatic N) is 2. The maximum atomic E-state index is 12.7. The summed E-state index contributed by atoms with van der Waals surface area (Å²) in [6.45, 7) is -0.474. The summed E-state index contributed by atoms with van der Waals surface area (Å²) in [7, 11) is 1.36. The number of anilines is 1. The maximum absolute atomic E-state index is 12.7. The van der Waals surface area contributed by atoms with E-state index in [4.69, 9.17) is 4.74 Å². The van der Waals surface area contributed by atoms with Gasteiger partial charge in [0, 0.05) is 12.1 Å². The molecule has 1 heterocycles. The number of nitro benzene ring substituents is 1. The van der Waals surface area contributed by atoms with Gasteiger partial charge >= 0.3 is 6.03 Å². The number of ether oxygens (including phenoxy) is 1. The molecule has 1 aromatic rings. The van der Waals surface area contributed by atoms with Gasteiger partial charge in [-0.05, 0) is 18.9 Å². The smallest absolute Gasteiger partial charge is 0.325 e. The van der Waals surface area contributed by atoms with Crippen molar-refractivity contribution in [2.45, 2.75) is 37.6 Å². The SMILES string of the molecule is COc1ccc([N+](=O)[O-])cc1NC(=O)CN1C(=O)NC2(CCCCC2)C1=O. The largest absolute Gasteiger partial charge is 0.495 e. The third kappa shape index (κ3) is 3.55. The summed E-state index contributed by atoms with van der Waals surface area (Å²) in [4.78, 5) is 48.5. The number of benzene rings is 1. The summed E-state index contributed by atoms with van der Waals surface area (Å²) in [5, 5.41) is 16.1. The lowest BCUT2D eigenvalue weighted by Crippen LogP contribution is -2.48. The number of hydrogen-bond acceptors (Lipinski definition) is 6. The van der Waals surface area contributed by atoms with Crippen LogP contribution in [0.3, 0.4) is 0 Å². The van der Waals surface area contributed by atoms with Crippen LogP contribution in [0.15, 0.2) is 18.2 Å². The molecule has 0 radical (unpaired) electrons. The fraction of sp³-hybridized carbons (Fsp3) is 0.471. The van der Waals surface area contributed by atoms with Crippen molar-refractivity contribution in [3.05, 3.63) is 28.3 Å². The Morgan fingerprint density at radius 3 is 2.67 bits per heavy atom. The van der Waals surface area contributed by atoms with Crippen LogP contribution in [0.5, 0.6) is 5.75 Å². The van der Waals surface area contributed by atoms with Crippen LogP contribution in [0.2, 0.25) is 0 Å². The van der Waals surface area contributed by atoms with Crippen molar-refractivity contribution in [2.75, 3.05) is 19.0 Å². The van der Waals surface area contributed by atoms with Gasteiger partial charge in [0.15, 0.2) is 0 Å². The first kappa shape index (κ1) is 18.6. The van der Waals surface area contributed by atoms with Crippen LogP contribution in [0.25, 0.3) is 0 Å². The molecule has 10 heteroatoms. The molecule has 1 aliphatic carbocycles. The number of non-ortho nitro benzene ring substituents is 1. The molecule has 2 aliphatic rings. The molecule has 10 nitrogen and oxygen atoms in total. The Balaban J connectivity index is 1.73. The van der Waals surface area contributed by atoms with Crippen LogP contribution in [-0.2, 0) is 9.59 Å². The van der Waals surface area contributed by atoms with Crippen molar-refractivity contribution in [1.29, 1.82) is 0 Å².